The second kappa shape index (κ2) is 4.79. The van der Waals surface area contributed by atoms with Crippen LogP contribution in [-0.2, 0) is 0 Å². The standard InChI is InChI=1S/C11H15N3O/c12-5-1-2-6-15-9-3-4-10-11(7-9)14-8-13-10/h3-4,7-8H,1-2,5-6,12H2,(H,13,14). The maximum Gasteiger partial charge on any atom is 0.121 e. The molecule has 0 atom stereocenters. The molecule has 4 nitrogen and oxygen atoms in total. The number of H-pyrrole nitrogens is 1. The van der Waals surface area contributed by atoms with E-state index in [1.165, 1.54) is 0 Å². The summed E-state index contributed by atoms with van der Waals surface area (Å²) in [4.78, 5) is 7.19. The first-order valence-corrected chi connectivity index (χ1v) is 5.16. The largest absolute Gasteiger partial charge is 0.494 e. The summed E-state index contributed by atoms with van der Waals surface area (Å²) in [6.45, 7) is 1.44. The summed E-state index contributed by atoms with van der Waals surface area (Å²) in [6.07, 6.45) is 3.69. The van der Waals surface area contributed by atoms with Crippen LogP contribution in [0.15, 0.2) is 24.5 Å². The minimum absolute atomic E-state index is 0.719. The Morgan fingerprint density at radius 1 is 1.33 bits per heavy atom. The Kier molecular flexibility index (Phi) is 3.19. The van der Waals surface area contributed by atoms with Crippen molar-refractivity contribution in [1.29, 1.82) is 0 Å². The first-order valence-electron chi connectivity index (χ1n) is 5.16. The average molecular weight is 205 g/mol. The van der Waals surface area contributed by atoms with Gasteiger partial charge in [-0.15, -0.1) is 0 Å². The fourth-order valence-corrected chi connectivity index (χ4v) is 1.44. The number of imidazole rings is 1. The summed E-state index contributed by atoms with van der Waals surface area (Å²) in [5.74, 6) is 0.878. The zero-order chi connectivity index (χ0) is 10.5. The molecule has 0 unspecified atom stereocenters. The molecule has 0 spiro atoms. The highest BCUT2D eigenvalue weighted by Crippen LogP contribution is 2.17. The van der Waals surface area contributed by atoms with E-state index in [2.05, 4.69) is 9.97 Å². The summed E-state index contributed by atoms with van der Waals surface area (Å²) >= 11 is 0. The van der Waals surface area contributed by atoms with Crippen LogP contribution in [0.4, 0.5) is 0 Å². The fourth-order valence-electron chi connectivity index (χ4n) is 1.44. The van der Waals surface area contributed by atoms with Gasteiger partial charge in [-0.1, -0.05) is 0 Å². The number of nitrogens with one attached hydrogen (secondary N) is 1. The number of unbranched alkanes of at least 4 members (excludes halogenated alkanes) is 1. The molecule has 0 radical (unpaired) electrons. The van der Waals surface area contributed by atoms with E-state index in [1.807, 2.05) is 18.2 Å². The SMILES string of the molecule is NCCCCOc1ccc2nc[nH]c2c1. The van der Waals surface area contributed by atoms with E-state index in [-0.39, 0.29) is 0 Å². The Balaban J connectivity index is 1.96. The Hall–Kier alpha value is -1.55. The van der Waals surface area contributed by atoms with Crippen LogP contribution in [0.1, 0.15) is 12.8 Å². The van der Waals surface area contributed by atoms with Gasteiger partial charge in [0.15, 0.2) is 0 Å². The summed E-state index contributed by atoms with van der Waals surface area (Å²) in [6, 6.07) is 5.85. The minimum atomic E-state index is 0.719. The Bertz CT molecular complexity index is 424. The van der Waals surface area contributed by atoms with Crippen molar-refractivity contribution in [3.8, 4) is 5.75 Å². The molecule has 0 aliphatic carbocycles. The van der Waals surface area contributed by atoms with Crippen molar-refractivity contribution in [2.45, 2.75) is 12.8 Å². The summed E-state index contributed by atoms with van der Waals surface area (Å²) in [5.41, 5.74) is 7.37. The van der Waals surface area contributed by atoms with Crippen molar-refractivity contribution in [2.75, 3.05) is 13.2 Å². The smallest absolute Gasteiger partial charge is 0.121 e. The Morgan fingerprint density at radius 3 is 3.13 bits per heavy atom. The van der Waals surface area contributed by atoms with Crippen LogP contribution in [0.2, 0.25) is 0 Å². The molecule has 3 N–H and O–H groups in total. The van der Waals surface area contributed by atoms with Crippen molar-refractivity contribution >= 4 is 11.0 Å². The van der Waals surface area contributed by atoms with Gasteiger partial charge in [-0.3, -0.25) is 0 Å². The van der Waals surface area contributed by atoms with Crippen LogP contribution in [0, 0.1) is 0 Å². The van der Waals surface area contributed by atoms with E-state index in [1.54, 1.807) is 6.33 Å². The highest BCUT2D eigenvalue weighted by atomic mass is 16.5. The summed E-state index contributed by atoms with van der Waals surface area (Å²) < 4.78 is 5.58. The van der Waals surface area contributed by atoms with Crippen molar-refractivity contribution in [3.05, 3.63) is 24.5 Å². The van der Waals surface area contributed by atoms with Gasteiger partial charge in [-0.25, -0.2) is 4.98 Å². The van der Waals surface area contributed by atoms with Crippen LogP contribution in [0.5, 0.6) is 5.75 Å². The fraction of sp³-hybridized carbons (Fsp3) is 0.364. The first-order chi connectivity index (χ1) is 7.40. The average Bonchev–Trinajstić information content (AvgIpc) is 2.71. The lowest BCUT2D eigenvalue weighted by Gasteiger charge is -2.04. The molecular weight excluding hydrogens is 190 g/mol. The van der Waals surface area contributed by atoms with Gasteiger partial charge in [0, 0.05) is 6.07 Å². The highest BCUT2D eigenvalue weighted by Gasteiger charge is 1.98. The lowest BCUT2D eigenvalue weighted by atomic mass is 10.3. The molecule has 0 saturated carbocycles. The van der Waals surface area contributed by atoms with Gasteiger partial charge in [0.05, 0.1) is 24.0 Å². The van der Waals surface area contributed by atoms with E-state index in [9.17, 15) is 0 Å². The number of benzene rings is 1. The number of fused-ring (bicyclic) bond motifs is 1. The van der Waals surface area contributed by atoms with E-state index in [0.29, 0.717) is 0 Å². The molecule has 0 fully saturated rings. The van der Waals surface area contributed by atoms with Gasteiger partial charge in [0.1, 0.15) is 5.75 Å². The van der Waals surface area contributed by atoms with Crippen LogP contribution < -0.4 is 10.5 Å². The minimum Gasteiger partial charge on any atom is -0.494 e. The van der Waals surface area contributed by atoms with E-state index in [0.717, 1.165) is 42.8 Å². The Morgan fingerprint density at radius 2 is 2.27 bits per heavy atom. The normalized spacial score (nSPS) is 10.7. The molecule has 0 saturated heterocycles. The maximum atomic E-state index is 5.58. The van der Waals surface area contributed by atoms with Crippen molar-refractivity contribution < 1.29 is 4.74 Å². The lowest BCUT2D eigenvalue weighted by molar-refractivity contribution is 0.308. The molecule has 4 heteroatoms. The van der Waals surface area contributed by atoms with Gasteiger partial charge < -0.3 is 15.5 Å². The van der Waals surface area contributed by atoms with Crippen LogP contribution in [0.25, 0.3) is 11.0 Å². The maximum absolute atomic E-state index is 5.58. The van der Waals surface area contributed by atoms with Crippen LogP contribution in [-0.4, -0.2) is 23.1 Å². The van der Waals surface area contributed by atoms with Crippen molar-refractivity contribution in [1.82, 2.24) is 9.97 Å². The Labute approximate surface area is 88.5 Å². The third kappa shape index (κ3) is 2.47. The predicted octanol–water partition coefficient (Wildman–Crippen LogP) is 1.68. The first kappa shape index (κ1) is 9.98. The molecule has 0 aliphatic rings. The molecule has 80 valence electrons. The number of hydrogen-bond donors (Lipinski definition) is 2. The molecule has 2 aromatic rings. The second-order valence-electron chi connectivity index (χ2n) is 3.43. The molecule has 0 aliphatic heterocycles. The van der Waals surface area contributed by atoms with Gasteiger partial charge in [-0.05, 0) is 31.5 Å². The van der Waals surface area contributed by atoms with Crippen LogP contribution >= 0.6 is 0 Å². The monoisotopic (exact) mass is 205 g/mol. The van der Waals surface area contributed by atoms with Gasteiger partial charge in [0.2, 0.25) is 0 Å². The molecule has 0 amide bonds. The number of hydrogen-bond acceptors (Lipinski definition) is 3. The molecule has 1 aromatic carbocycles. The van der Waals surface area contributed by atoms with Crippen molar-refractivity contribution in [3.63, 3.8) is 0 Å². The summed E-state index contributed by atoms with van der Waals surface area (Å²) in [7, 11) is 0. The van der Waals surface area contributed by atoms with Gasteiger partial charge in [0.25, 0.3) is 0 Å². The topological polar surface area (TPSA) is 63.9 Å². The third-order valence-electron chi connectivity index (χ3n) is 2.26. The quantitative estimate of drug-likeness (QED) is 0.730. The van der Waals surface area contributed by atoms with E-state index >= 15 is 0 Å². The van der Waals surface area contributed by atoms with Crippen LogP contribution in [0.3, 0.4) is 0 Å². The molecule has 0 bridgehead atoms. The second-order valence-corrected chi connectivity index (χ2v) is 3.43. The van der Waals surface area contributed by atoms with E-state index < -0.39 is 0 Å². The number of nitrogens with two attached hydrogens (primary N) is 1. The summed E-state index contributed by atoms with van der Waals surface area (Å²) in [5, 5.41) is 0. The number of rotatable bonds is 5. The number of aromatic nitrogens is 2. The lowest BCUT2D eigenvalue weighted by Crippen LogP contribution is -2.03. The van der Waals surface area contributed by atoms with Gasteiger partial charge in [-0.2, -0.15) is 0 Å². The number of nitrogens with zero attached hydrogens (tertiary/aromatic N) is 1. The molecule has 1 heterocycles. The number of aromatic amines is 1. The van der Waals surface area contributed by atoms with Crippen molar-refractivity contribution in [2.24, 2.45) is 5.73 Å². The van der Waals surface area contributed by atoms with E-state index in [4.69, 9.17) is 10.5 Å². The number of ether oxygens (including phenoxy) is 1. The van der Waals surface area contributed by atoms with Gasteiger partial charge >= 0.3 is 0 Å². The third-order valence-corrected chi connectivity index (χ3v) is 2.26. The molecular formula is C11H15N3O. The molecule has 2 rings (SSSR count). The molecule has 15 heavy (non-hydrogen) atoms. The highest BCUT2D eigenvalue weighted by molar-refractivity contribution is 5.75. The molecule has 1 aromatic heterocycles. The predicted molar refractivity (Wildman–Crippen MR) is 59.9 cm³/mol. The zero-order valence-electron chi connectivity index (χ0n) is 8.57. The zero-order valence-corrected chi connectivity index (χ0v) is 8.57.